The van der Waals surface area contributed by atoms with Crippen molar-refractivity contribution in [3.05, 3.63) is 45.5 Å². The van der Waals surface area contributed by atoms with E-state index in [1.807, 2.05) is 0 Å². The van der Waals surface area contributed by atoms with Crippen LogP contribution in [0.4, 0.5) is 5.00 Å². The van der Waals surface area contributed by atoms with E-state index in [0.717, 1.165) is 23.1 Å². The Balaban J connectivity index is 1.78. The van der Waals surface area contributed by atoms with Gasteiger partial charge in [0.15, 0.2) is 15.6 Å². The number of allylic oxidation sites excluding steroid dienone is 1. The molecular weight excluding hydrogens is 522 g/mol. The fourth-order valence-corrected chi connectivity index (χ4v) is 4.90. The Bertz CT molecular complexity index is 1200. The molecule has 168 valence electrons. The van der Waals surface area contributed by atoms with Gasteiger partial charge in [0.1, 0.15) is 5.00 Å². The van der Waals surface area contributed by atoms with Crippen LogP contribution in [0.1, 0.15) is 25.6 Å². The zero-order valence-electron chi connectivity index (χ0n) is 17.0. The van der Waals surface area contributed by atoms with Crippen molar-refractivity contribution in [3.63, 3.8) is 0 Å². The summed E-state index contributed by atoms with van der Waals surface area (Å²) in [6.45, 7) is 5.72. The largest absolute Gasteiger partial charge is 0.465 e. The third kappa shape index (κ3) is 4.95. The average molecular weight is 540 g/mol. The molecule has 3 aromatic rings. The Hall–Kier alpha value is -2.90. The number of carbonyl (C=O) groups excluding carboxylic acids is 3. The van der Waals surface area contributed by atoms with Crippen LogP contribution in [0, 0.1) is 6.92 Å². The van der Waals surface area contributed by atoms with Crippen molar-refractivity contribution in [2.24, 2.45) is 5.73 Å². The van der Waals surface area contributed by atoms with Crippen molar-refractivity contribution in [1.29, 1.82) is 0 Å². The number of nitrogens with zero attached hydrogens (tertiary/aromatic N) is 3. The number of aromatic nitrogens is 3. The lowest BCUT2D eigenvalue weighted by atomic mass is 10.1. The summed E-state index contributed by atoms with van der Waals surface area (Å²) >= 11 is 5.32. The molecule has 0 fully saturated rings. The summed E-state index contributed by atoms with van der Waals surface area (Å²) in [5, 5.41) is 11.6. The predicted octanol–water partition coefficient (Wildman–Crippen LogP) is 3.47. The first-order chi connectivity index (χ1) is 15.3. The number of methoxy groups -OCH3 is 1. The van der Waals surface area contributed by atoms with Gasteiger partial charge in [-0.3, -0.25) is 14.2 Å². The zero-order chi connectivity index (χ0) is 23.4. The van der Waals surface area contributed by atoms with Gasteiger partial charge in [-0.25, -0.2) is 4.79 Å². The molecule has 10 nitrogen and oxygen atoms in total. The SMILES string of the molecule is C=CCn1c(SCC(=O)Nc2sc(C(N)=O)c(C)c2C(=O)OC)nnc1-c1ccc(Br)o1. The van der Waals surface area contributed by atoms with Gasteiger partial charge < -0.3 is 20.2 Å². The number of halogens is 1. The van der Waals surface area contributed by atoms with E-state index < -0.39 is 17.8 Å². The van der Waals surface area contributed by atoms with Crippen LogP contribution < -0.4 is 11.1 Å². The van der Waals surface area contributed by atoms with Gasteiger partial charge in [-0.05, 0) is 40.5 Å². The van der Waals surface area contributed by atoms with Gasteiger partial charge >= 0.3 is 5.97 Å². The molecule has 0 saturated heterocycles. The number of furan rings is 1. The van der Waals surface area contributed by atoms with Crippen LogP contribution in [0.3, 0.4) is 0 Å². The van der Waals surface area contributed by atoms with E-state index in [0.29, 0.717) is 33.5 Å². The molecule has 0 aliphatic heterocycles. The van der Waals surface area contributed by atoms with Crippen molar-refractivity contribution < 1.29 is 23.5 Å². The molecule has 3 heterocycles. The number of anilines is 1. The van der Waals surface area contributed by atoms with Crippen LogP contribution in [0.5, 0.6) is 0 Å². The number of thioether (sulfide) groups is 1. The number of rotatable bonds is 9. The van der Waals surface area contributed by atoms with Gasteiger partial charge in [0, 0.05) is 6.54 Å². The second-order valence-electron chi connectivity index (χ2n) is 6.26. The van der Waals surface area contributed by atoms with E-state index in [-0.39, 0.29) is 21.2 Å². The average Bonchev–Trinajstić information content (AvgIpc) is 3.43. The normalized spacial score (nSPS) is 10.7. The first-order valence-corrected chi connectivity index (χ1v) is 11.6. The van der Waals surface area contributed by atoms with Crippen LogP contribution in [0.15, 0.2) is 39.0 Å². The Kier molecular flexibility index (Phi) is 7.53. The molecule has 0 aliphatic rings. The summed E-state index contributed by atoms with van der Waals surface area (Å²) in [7, 11) is 1.21. The van der Waals surface area contributed by atoms with Gasteiger partial charge in [0.2, 0.25) is 11.7 Å². The number of nitrogens with one attached hydrogen (secondary N) is 1. The van der Waals surface area contributed by atoms with E-state index in [1.165, 1.54) is 7.11 Å². The lowest BCUT2D eigenvalue weighted by molar-refractivity contribution is -0.113. The number of ether oxygens (including phenoxy) is 1. The number of primary amides is 1. The van der Waals surface area contributed by atoms with Crippen molar-refractivity contribution in [2.45, 2.75) is 18.6 Å². The third-order valence-electron chi connectivity index (χ3n) is 4.17. The fraction of sp³-hybridized carbons (Fsp3) is 0.211. The number of thiophene rings is 1. The number of esters is 1. The van der Waals surface area contributed by atoms with Gasteiger partial charge in [0.25, 0.3) is 5.91 Å². The monoisotopic (exact) mass is 539 g/mol. The number of nitrogens with two attached hydrogens (primary N) is 1. The predicted molar refractivity (Wildman–Crippen MR) is 124 cm³/mol. The lowest BCUT2D eigenvalue weighted by Crippen LogP contribution is -2.16. The molecule has 0 radical (unpaired) electrons. The van der Waals surface area contributed by atoms with Crippen LogP contribution >= 0.6 is 39.0 Å². The smallest absolute Gasteiger partial charge is 0.341 e. The van der Waals surface area contributed by atoms with E-state index >= 15 is 0 Å². The molecule has 0 unspecified atom stereocenters. The lowest BCUT2D eigenvalue weighted by Gasteiger charge is -2.07. The van der Waals surface area contributed by atoms with Crippen molar-refractivity contribution in [2.75, 3.05) is 18.2 Å². The highest BCUT2D eigenvalue weighted by atomic mass is 79.9. The minimum Gasteiger partial charge on any atom is -0.465 e. The van der Waals surface area contributed by atoms with Crippen LogP contribution in [0.25, 0.3) is 11.6 Å². The van der Waals surface area contributed by atoms with E-state index in [4.69, 9.17) is 14.9 Å². The highest BCUT2D eigenvalue weighted by molar-refractivity contribution is 9.10. The molecule has 13 heteroatoms. The number of amides is 2. The van der Waals surface area contributed by atoms with E-state index in [1.54, 1.807) is 29.7 Å². The van der Waals surface area contributed by atoms with Gasteiger partial charge in [-0.2, -0.15) is 0 Å². The molecule has 3 rings (SSSR count). The first-order valence-electron chi connectivity index (χ1n) is 9.00. The summed E-state index contributed by atoms with van der Waals surface area (Å²) in [4.78, 5) is 36.5. The fourth-order valence-electron chi connectivity index (χ4n) is 2.78. The maximum atomic E-state index is 12.6. The molecule has 0 bridgehead atoms. The van der Waals surface area contributed by atoms with E-state index in [9.17, 15) is 14.4 Å². The quantitative estimate of drug-likeness (QED) is 0.239. The molecule has 0 spiro atoms. The molecule has 0 saturated carbocycles. The van der Waals surface area contributed by atoms with Crippen LogP contribution in [-0.4, -0.2) is 45.4 Å². The molecule has 3 N–H and O–H groups in total. The summed E-state index contributed by atoms with van der Waals surface area (Å²) < 4.78 is 12.6. The molecule has 0 aliphatic carbocycles. The second kappa shape index (κ2) is 10.1. The summed E-state index contributed by atoms with van der Waals surface area (Å²) in [5.74, 6) is -0.797. The van der Waals surface area contributed by atoms with Gasteiger partial charge in [0.05, 0.1) is 23.3 Å². The minimum absolute atomic E-state index is 0.0272. The number of carbonyl (C=O) groups is 3. The topological polar surface area (TPSA) is 142 Å². The van der Waals surface area contributed by atoms with Crippen LogP contribution in [0.2, 0.25) is 0 Å². The number of hydrogen-bond acceptors (Lipinski definition) is 9. The minimum atomic E-state index is -0.692. The molecule has 0 aromatic carbocycles. The Labute approximate surface area is 199 Å². The molecule has 3 aromatic heterocycles. The van der Waals surface area contributed by atoms with Gasteiger partial charge in [-0.1, -0.05) is 17.8 Å². The summed E-state index contributed by atoms with van der Waals surface area (Å²) in [5.41, 5.74) is 5.83. The maximum absolute atomic E-state index is 12.6. The maximum Gasteiger partial charge on any atom is 0.341 e. The molecule has 0 atom stereocenters. The zero-order valence-corrected chi connectivity index (χ0v) is 20.2. The Morgan fingerprint density at radius 2 is 2.16 bits per heavy atom. The molecule has 2 amide bonds. The number of hydrogen-bond donors (Lipinski definition) is 2. The Morgan fingerprint density at radius 1 is 1.41 bits per heavy atom. The highest BCUT2D eigenvalue weighted by Gasteiger charge is 2.25. The summed E-state index contributed by atoms with van der Waals surface area (Å²) in [6.07, 6.45) is 1.68. The van der Waals surface area contributed by atoms with Crippen molar-refractivity contribution >= 4 is 61.8 Å². The standard InChI is InChI=1S/C19H18BrN5O5S2/c1-4-7-25-16(10-5-6-11(20)30-10)23-24-19(25)31-8-12(26)22-17-13(18(28)29-3)9(2)14(32-17)15(21)27/h4-6H,1,7-8H2,2-3H3,(H2,21,27)(H,22,26). The second-order valence-corrected chi connectivity index (χ2v) is 9.01. The molecular formula is C19H18BrN5O5S2. The van der Waals surface area contributed by atoms with E-state index in [2.05, 4.69) is 38.0 Å². The summed E-state index contributed by atoms with van der Waals surface area (Å²) in [6, 6.07) is 3.49. The van der Waals surface area contributed by atoms with Crippen molar-refractivity contribution in [3.8, 4) is 11.6 Å². The van der Waals surface area contributed by atoms with Crippen molar-refractivity contribution in [1.82, 2.24) is 14.8 Å². The first kappa shape index (κ1) is 23.8. The highest BCUT2D eigenvalue weighted by Crippen LogP contribution is 2.34. The molecule has 32 heavy (non-hydrogen) atoms. The third-order valence-corrected chi connectivity index (χ3v) is 6.78. The van der Waals surface area contributed by atoms with Crippen LogP contribution in [-0.2, 0) is 16.1 Å². The van der Waals surface area contributed by atoms with Gasteiger partial charge in [-0.15, -0.1) is 28.1 Å². The Morgan fingerprint density at radius 3 is 2.75 bits per heavy atom.